The van der Waals surface area contributed by atoms with E-state index in [1.807, 2.05) is 6.07 Å². The van der Waals surface area contributed by atoms with Crippen molar-refractivity contribution >= 4 is 25.3 Å². The summed E-state index contributed by atoms with van der Waals surface area (Å²) in [7, 11) is 0. The quantitative estimate of drug-likeness (QED) is 0.433. The Balaban J connectivity index is 2.68. The van der Waals surface area contributed by atoms with Crippen molar-refractivity contribution in [3.8, 4) is 0 Å². The van der Waals surface area contributed by atoms with Gasteiger partial charge in [-0.05, 0) is 6.07 Å². The first-order chi connectivity index (χ1) is 6.58. The summed E-state index contributed by atoms with van der Waals surface area (Å²) in [6.07, 6.45) is 2.76. The Morgan fingerprint density at radius 2 is 1.50 bits per heavy atom. The van der Waals surface area contributed by atoms with Gasteiger partial charge >= 0.3 is 0 Å². The van der Waals surface area contributed by atoms with Gasteiger partial charge in [0.2, 0.25) is 0 Å². The summed E-state index contributed by atoms with van der Waals surface area (Å²) in [6.45, 7) is 0. The molecule has 0 saturated carbocycles. The first kappa shape index (κ1) is 11.8. The smallest absolute Gasteiger partial charge is 0.115 e. The summed E-state index contributed by atoms with van der Waals surface area (Å²) < 4.78 is 0. The summed E-state index contributed by atoms with van der Waals surface area (Å²) in [5.74, 6) is 0. The molecule has 14 heavy (non-hydrogen) atoms. The average molecular weight is 230 g/mol. The minimum absolute atomic E-state index is 0.192. The van der Waals surface area contributed by atoms with E-state index < -0.39 is 0 Å². The Morgan fingerprint density at radius 3 is 1.86 bits per heavy atom. The maximum Gasteiger partial charge on any atom is 0.115 e. The fourth-order valence-corrected chi connectivity index (χ4v) is 1.47. The molecule has 0 spiro atoms. The predicted octanol–water partition coefficient (Wildman–Crippen LogP) is -0.00920. The molecule has 0 amide bonds. The van der Waals surface area contributed by atoms with Crippen LogP contribution in [0.15, 0.2) is 12.4 Å². The number of thiol groups is 2. The van der Waals surface area contributed by atoms with Gasteiger partial charge < -0.3 is 11.5 Å². The molecule has 4 N–H and O–H groups in total. The van der Waals surface area contributed by atoms with Crippen LogP contribution in [0.4, 0.5) is 0 Å². The SMILES string of the molecule is NC(S)Cc1cc(CC(N)S)ncn1. The molecule has 1 aromatic rings. The third kappa shape index (κ3) is 4.28. The zero-order valence-electron chi connectivity index (χ0n) is 7.67. The van der Waals surface area contributed by atoms with Gasteiger partial charge in [0, 0.05) is 24.2 Å². The summed E-state index contributed by atoms with van der Waals surface area (Å²) in [5, 5.41) is -0.384. The third-order valence-corrected chi connectivity index (χ3v) is 1.98. The lowest BCUT2D eigenvalue weighted by Gasteiger charge is -2.06. The van der Waals surface area contributed by atoms with Crippen LogP contribution >= 0.6 is 25.3 Å². The van der Waals surface area contributed by atoms with E-state index >= 15 is 0 Å². The van der Waals surface area contributed by atoms with Crippen LogP contribution in [-0.2, 0) is 12.8 Å². The first-order valence-corrected chi connectivity index (χ1v) is 5.28. The lowest BCUT2D eigenvalue weighted by atomic mass is 10.2. The number of rotatable bonds is 4. The summed E-state index contributed by atoms with van der Waals surface area (Å²) >= 11 is 8.18. The Kier molecular flexibility index (Phi) is 4.67. The van der Waals surface area contributed by atoms with Gasteiger partial charge in [-0.3, -0.25) is 0 Å². The second-order valence-electron chi connectivity index (χ2n) is 3.04. The summed E-state index contributed by atoms with van der Waals surface area (Å²) in [6, 6.07) is 1.88. The normalized spacial score (nSPS) is 15.1. The lowest BCUT2D eigenvalue weighted by Crippen LogP contribution is -2.18. The van der Waals surface area contributed by atoms with Crippen molar-refractivity contribution in [1.82, 2.24) is 9.97 Å². The van der Waals surface area contributed by atoms with Crippen molar-refractivity contribution in [3.05, 3.63) is 23.8 Å². The van der Waals surface area contributed by atoms with E-state index in [2.05, 4.69) is 35.2 Å². The second-order valence-corrected chi connectivity index (χ2v) is 4.37. The molecule has 0 aromatic carbocycles. The molecule has 0 bridgehead atoms. The van der Waals surface area contributed by atoms with Crippen LogP contribution < -0.4 is 11.5 Å². The molecule has 0 aliphatic carbocycles. The van der Waals surface area contributed by atoms with Crippen molar-refractivity contribution in [2.75, 3.05) is 0 Å². The van der Waals surface area contributed by atoms with Crippen LogP contribution in [0.3, 0.4) is 0 Å². The maximum atomic E-state index is 5.54. The van der Waals surface area contributed by atoms with Crippen LogP contribution in [0.2, 0.25) is 0 Å². The number of nitrogens with zero attached hydrogens (tertiary/aromatic N) is 2. The Morgan fingerprint density at radius 1 is 1.07 bits per heavy atom. The molecule has 0 aliphatic heterocycles. The van der Waals surface area contributed by atoms with E-state index in [1.54, 1.807) is 0 Å². The molecule has 0 radical (unpaired) electrons. The summed E-state index contributed by atoms with van der Waals surface area (Å²) in [4.78, 5) is 8.16. The van der Waals surface area contributed by atoms with Crippen LogP contribution in [-0.4, -0.2) is 20.7 Å². The number of hydrogen-bond donors (Lipinski definition) is 4. The van der Waals surface area contributed by atoms with Gasteiger partial charge in [-0.25, -0.2) is 9.97 Å². The molecule has 1 rings (SSSR count). The summed E-state index contributed by atoms with van der Waals surface area (Å²) in [5.41, 5.74) is 12.8. The van der Waals surface area contributed by atoms with Crippen molar-refractivity contribution in [2.24, 2.45) is 11.5 Å². The topological polar surface area (TPSA) is 77.8 Å². The van der Waals surface area contributed by atoms with Crippen LogP contribution in [0.5, 0.6) is 0 Å². The zero-order chi connectivity index (χ0) is 10.6. The van der Waals surface area contributed by atoms with Gasteiger partial charge in [0.05, 0.1) is 10.7 Å². The third-order valence-electron chi connectivity index (χ3n) is 1.62. The molecule has 2 atom stereocenters. The van der Waals surface area contributed by atoms with Crippen molar-refractivity contribution in [2.45, 2.75) is 23.6 Å². The van der Waals surface area contributed by atoms with Gasteiger partial charge in [0.15, 0.2) is 0 Å². The van der Waals surface area contributed by atoms with Gasteiger partial charge in [0.25, 0.3) is 0 Å². The zero-order valence-corrected chi connectivity index (χ0v) is 9.46. The molecule has 1 heterocycles. The Bertz CT molecular complexity index is 265. The van der Waals surface area contributed by atoms with Gasteiger partial charge in [-0.15, -0.1) is 0 Å². The van der Waals surface area contributed by atoms with Crippen molar-refractivity contribution in [3.63, 3.8) is 0 Å². The van der Waals surface area contributed by atoms with E-state index in [4.69, 9.17) is 11.5 Å². The first-order valence-electron chi connectivity index (χ1n) is 4.25. The highest BCUT2D eigenvalue weighted by molar-refractivity contribution is 7.81. The number of hydrogen-bond acceptors (Lipinski definition) is 6. The van der Waals surface area contributed by atoms with Gasteiger partial charge in [-0.2, -0.15) is 25.3 Å². The predicted molar refractivity (Wildman–Crippen MR) is 63.4 cm³/mol. The van der Waals surface area contributed by atoms with Gasteiger partial charge in [-0.1, -0.05) is 0 Å². The molecule has 0 saturated heterocycles. The molecule has 2 unspecified atom stereocenters. The molecular weight excluding hydrogens is 216 g/mol. The monoisotopic (exact) mass is 230 g/mol. The highest BCUT2D eigenvalue weighted by atomic mass is 32.1. The highest BCUT2D eigenvalue weighted by Crippen LogP contribution is 2.05. The molecule has 4 nitrogen and oxygen atoms in total. The van der Waals surface area contributed by atoms with E-state index in [1.165, 1.54) is 6.33 Å². The Hall–Kier alpha value is -0.300. The van der Waals surface area contributed by atoms with Gasteiger partial charge in [0.1, 0.15) is 6.33 Å². The van der Waals surface area contributed by atoms with E-state index in [0.717, 1.165) is 11.4 Å². The number of aromatic nitrogens is 2. The minimum atomic E-state index is -0.192. The molecule has 6 heteroatoms. The largest absolute Gasteiger partial charge is 0.319 e. The second kappa shape index (κ2) is 5.55. The van der Waals surface area contributed by atoms with E-state index in [0.29, 0.717) is 12.8 Å². The van der Waals surface area contributed by atoms with Crippen molar-refractivity contribution < 1.29 is 0 Å². The fourth-order valence-electron chi connectivity index (χ4n) is 1.10. The fraction of sp³-hybridized carbons (Fsp3) is 0.500. The molecule has 0 fully saturated rings. The molecule has 78 valence electrons. The average Bonchev–Trinajstić information content (AvgIpc) is 2.01. The lowest BCUT2D eigenvalue weighted by molar-refractivity contribution is 0.824. The molecule has 0 aliphatic rings. The van der Waals surface area contributed by atoms with Crippen LogP contribution in [0.25, 0.3) is 0 Å². The molecular formula is C8H14N4S2. The van der Waals surface area contributed by atoms with E-state index in [9.17, 15) is 0 Å². The Labute approximate surface area is 94.3 Å². The van der Waals surface area contributed by atoms with Crippen molar-refractivity contribution in [1.29, 1.82) is 0 Å². The standard InChI is InChI=1S/C8H14N4S2/c9-7(13)2-5-1-6(3-8(10)14)12-4-11-5/h1,4,7-8,13-14H,2-3,9-10H2. The van der Waals surface area contributed by atoms with E-state index in [-0.39, 0.29) is 10.7 Å². The highest BCUT2D eigenvalue weighted by Gasteiger charge is 2.04. The van der Waals surface area contributed by atoms with Crippen LogP contribution in [0, 0.1) is 0 Å². The minimum Gasteiger partial charge on any atom is -0.319 e. The maximum absolute atomic E-state index is 5.54. The molecule has 1 aromatic heterocycles. The number of nitrogens with two attached hydrogens (primary N) is 2. The van der Waals surface area contributed by atoms with Crippen LogP contribution in [0.1, 0.15) is 11.4 Å².